The van der Waals surface area contributed by atoms with Gasteiger partial charge in [0.1, 0.15) is 5.75 Å². The molecule has 0 unspecified atom stereocenters. The number of alkyl halides is 3. The number of amides is 1. The minimum absolute atomic E-state index is 0.0960. The molecule has 0 spiro atoms. The van der Waals surface area contributed by atoms with Gasteiger partial charge in [-0.05, 0) is 76.1 Å². The zero-order valence-corrected chi connectivity index (χ0v) is 25.7. The molecule has 234 valence electrons. The van der Waals surface area contributed by atoms with Crippen LogP contribution in [0.25, 0.3) is 0 Å². The van der Waals surface area contributed by atoms with Crippen LogP contribution in [0.4, 0.5) is 18.9 Å². The Hall–Kier alpha value is -2.82. The maximum absolute atomic E-state index is 14.1. The van der Waals surface area contributed by atoms with Crippen LogP contribution in [0, 0.1) is 5.92 Å². The molecule has 0 radical (unpaired) electrons. The van der Waals surface area contributed by atoms with Gasteiger partial charge in [0, 0.05) is 51.9 Å². The third-order valence-electron chi connectivity index (χ3n) is 7.78. The summed E-state index contributed by atoms with van der Waals surface area (Å²) in [5.41, 5.74) is 1.43. The number of halogens is 3. The summed E-state index contributed by atoms with van der Waals surface area (Å²) in [4.78, 5) is 19.7. The average Bonchev–Trinajstić information content (AvgIpc) is 2.93. The smallest absolute Gasteiger partial charge is 0.416 e. The molecule has 42 heavy (non-hydrogen) atoms. The number of aliphatic hydroxyl groups excluding tert-OH is 1. The molecule has 1 aliphatic rings. The summed E-state index contributed by atoms with van der Waals surface area (Å²) < 4.78 is 51.6. The van der Waals surface area contributed by atoms with Crippen LogP contribution in [0.1, 0.15) is 61.5 Å². The van der Waals surface area contributed by atoms with E-state index in [1.54, 1.807) is 4.90 Å². The SMILES string of the molecule is C[C@@H]1CN([C@@H](C)CO)C(=O)c2cc(N(C)C)ccc2O[C@@H](C)CCCCO[C@H]1CN(C)Cc1ccc(C(F)(F)F)cc1. The van der Waals surface area contributed by atoms with E-state index >= 15 is 0 Å². The van der Waals surface area contributed by atoms with Gasteiger partial charge in [0.05, 0.1) is 36.0 Å². The van der Waals surface area contributed by atoms with E-state index in [-0.39, 0.29) is 30.6 Å². The number of carbonyl (C=O) groups excluding carboxylic acids is 1. The molecule has 1 aliphatic heterocycles. The van der Waals surface area contributed by atoms with Crippen LogP contribution < -0.4 is 9.64 Å². The third kappa shape index (κ3) is 9.34. The van der Waals surface area contributed by atoms with Crippen molar-refractivity contribution in [3.05, 3.63) is 59.2 Å². The minimum atomic E-state index is -4.37. The topological polar surface area (TPSA) is 65.5 Å². The minimum Gasteiger partial charge on any atom is -0.490 e. The Morgan fingerprint density at radius 2 is 1.76 bits per heavy atom. The fraction of sp³-hybridized carbons (Fsp3) is 0.594. The van der Waals surface area contributed by atoms with E-state index in [1.807, 2.05) is 69.9 Å². The molecule has 0 bridgehead atoms. The summed E-state index contributed by atoms with van der Waals surface area (Å²) in [5.74, 6) is 0.214. The first kappa shape index (κ1) is 33.7. The number of fused-ring (bicyclic) bond motifs is 1. The van der Waals surface area contributed by atoms with E-state index < -0.39 is 17.8 Å². The van der Waals surface area contributed by atoms with Gasteiger partial charge in [-0.3, -0.25) is 9.69 Å². The van der Waals surface area contributed by atoms with Crippen molar-refractivity contribution in [3.63, 3.8) is 0 Å². The number of hydrogen-bond donors (Lipinski definition) is 1. The first-order valence-electron chi connectivity index (χ1n) is 14.7. The van der Waals surface area contributed by atoms with Crippen LogP contribution in [0.3, 0.4) is 0 Å². The quantitative estimate of drug-likeness (QED) is 0.445. The number of ether oxygens (including phenoxy) is 2. The van der Waals surface area contributed by atoms with Gasteiger partial charge < -0.3 is 24.4 Å². The lowest BCUT2D eigenvalue weighted by atomic mass is 10.0. The van der Waals surface area contributed by atoms with Crippen molar-refractivity contribution in [1.82, 2.24) is 9.80 Å². The van der Waals surface area contributed by atoms with E-state index in [0.717, 1.165) is 42.6 Å². The Morgan fingerprint density at radius 3 is 2.38 bits per heavy atom. The number of benzene rings is 2. The lowest BCUT2D eigenvalue weighted by Gasteiger charge is -2.36. The molecule has 7 nitrogen and oxygen atoms in total. The number of hydrogen-bond acceptors (Lipinski definition) is 6. The molecule has 0 saturated carbocycles. The van der Waals surface area contributed by atoms with Gasteiger partial charge >= 0.3 is 6.18 Å². The van der Waals surface area contributed by atoms with Crippen molar-refractivity contribution in [3.8, 4) is 5.75 Å². The Kier molecular flexibility index (Phi) is 12.1. The second kappa shape index (κ2) is 15.1. The lowest BCUT2D eigenvalue weighted by molar-refractivity contribution is -0.137. The lowest BCUT2D eigenvalue weighted by Crippen LogP contribution is -2.47. The van der Waals surface area contributed by atoms with Crippen molar-refractivity contribution in [1.29, 1.82) is 0 Å². The first-order chi connectivity index (χ1) is 19.8. The summed E-state index contributed by atoms with van der Waals surface area (Å²) in [5, 5.41) is 10.1. The summed E-state index contributed by atoms with van der Waals surface area (Å²) in [6.07, 6.45) is -2.16. The Morgan fingerprint density at radius 1 is 1.07 bits per heavy atom. The van der Waals surface area contributed by atoms with Gasteiger partial charge in [0.2, 0.25) is 0 Å². The molecular weight excluding hydrogens is 547 g/mol. The van der Waals surface area contributed by atoms with Gasteiger partial charge in [0.15, 0.2) is 0 Å². The molecule has 4 atom stereocenters. The Labute approximate surface area is 248 Å². The van der Waals surface area contributed by atoms with Crippen LogP contribution in [0.2, 0.25) is 0 Å². The normalized spacial score (nSPS) is 21.8. The fourth-order valence-corrected chi connectivity index (χ4v) is 5.13. The number of aliphatic hydroxyl groups is 1. The zero-order chi connectivity index (χ0) is 31.0. The van der Waals surface area contributed by atoms with Gasteiger partial charge in [0.25, 0.3) is 5.91 Å². The summed E-state index contributed by atoms with van der Waals surface area (Å²) in [6, 6.07) is 10.4. The Bertz CT molecular complexity index is 1140. The van der Waals surface area contributed by atoms with Crippen LogP contribution in [-0.4, -0.2) is 86.5 Å². The molecule has 2 aromatic rings. The molecule has 0 aliphatic carbocycles. The monoisotopic (exact) mass is 593 g/mol. The summed E-state index contributed by atoms with van der Waals surface area (Å²) in [6.45, 7) is 7.52. The van der Waals surface area contributed by atoms with Gasteiger partial charge in [-0.15, -0.1) is 0 Å². The molecule has 0 aromatic heterocycles. The standard InChI is InChI=1S/C32H46F3N3O4/c1-22-18-38(23(2)21-39)31(40)28-17-27(36(4)5)14-15-29(28)42-24(3)9-7-8-16-41-30(22)20-37(6)19-25-10-12-26(13-11-25)32(33,34)35/h10-15,17,22-24,30,39H,7-9,16,18-21H2,1-6H3/t22-,23+,24+,30+/m1/s1. The van der Waals surface area contributed by atoms with Crippen molar-refractivity contribution in [2.75, 3.05) is 52.3 Å². The van der Waals surface area contributed by atoms with Gasteiger partial charge in [-0.1, -0.05) is 19.1 Å². The van der Waals surface area contributed by atoms with E-state index in [0.29, 0.717) is 37.6 Å². The van der Waals surface area contributed by atoms with Crippen molar-refractivity contribution in [2.24, 2.45) is 5.92 Å². The predicted molar refractivity (Wildman–Crippen MR) is 159 cm³/mol. The maximum atomic E-state index is 14.1. The Balaban J connectivity index is 1.86. The predicted octanol–water partition coefficient (Wildman–Crippen LogP) is 5.70. The molecule has 0 saturated heterocycles. The number of rotatable bonds is 7. The van der Waals surface area contributed by atoms with Crippen molar-refractivity contribution in [2.45, 2.75) is 71.0 Å². The molecule has 10 heteroatoms. The highest BCUT2D eigenvalue weighted by Crippen LogP contribution is 2.30. The van der Waals surface area contributed by atoms with E-state index in [2.05, 4.69) is 0 Å². The highest BCUT2D eigenvalue weighted by Gasteiger charge is 2.31. The highest BCUT2D eigenvalue weighted by atomic mass is 19.4. The largest absolute Gasteiger partial charge is 0.490 e. The highest BCUT2D eigenvalue weighted by molar-refractivity contribution is 5.98. The molecule has 1 N–H and O–H groups in total. The molecule has 0 fully saturated rings. The second-order valence-electron chi connectivity index (χ2n) is 11.8. The van der Waals surface area contributed by atoms with E-state index in [9.17, 15) is 23.1 Å². The molecule has 1 amide bonds. The van der Waals surface area contributed by atoms with Crippen LogP contribution in [0.15, 0.2) is 42.5 Å². The zero-order valence-electron chi connectivity index (χ0n) is 25.7. The summed E-state index contributed by atoms with van der Waals surface area (Å²) in [7, 11) is 5.74. The van der Waals surface area contributed by atoms with E-state index in [1.165, 1.54) is 12.1 Å². The molecule has 2 aromatic carbocycles. The molecule has 3 rings (SSSR count). The third-order valence-corrected chi connectivity index (χ3v) is 7.78. The number of carbonyl (C=O) groups is 1. The van der Waals surface area contributed by atoms with Crippen LogP contribution in [0.5, 0.6) is 5.75 Å². The molecule has 1 heterocycles. The van der Waals surface area contributed by atoms with Crippen molar-refractivity contribution >= 4 is 11.6 Å². The van der Waals surface area contributed by atoms with Crippen LogP contribution in [-0.2, 0) is 17.5 Å². The van der Waals surface area contributed by atoms with Gasteiger partial charge in [-0.2, -0.15) is 13.2 Å². The second-order valence-corrected chi connectivity index (χ2v) is 11.8. The number of likely N-dealkylation sites (N-methyl/N-ethyl adjacent to an activating group) is 1. The maximum Gasteiger partial charge on any atom is 0.416 e. The van der Waals surface area contributed by atoms with Crippen molar-refractivity contribution < 1.29 is 32.5 Å². The van der Waals surface area contributed by atoms with E-state index in [4.69, 9.17) is 9.47 Å². The summed E-state index contributed by atoms with van der Waals surface area (Å²) >= 11 is 0. The number of nitrogens with zero attached hydrogens (tertiary/aromatic N) is 3. The van der Waals surface area contributed by atoms with Gasteiger partial charge in [-0.25, -0.2) is 0 Å². The van der Waals surface area contributed by atoms with Crippen LogP contribution >= 0.6 is 0 Å². The number of anilines is 1. The first-order valence-corrected chi connectivity index (χ1v) is 14.7. The molecular formula is C32H46F3N3O4. The average molecular weight is 594 g/mol. The fourth-order valence-electron chi connectivity index (χ4n) is 5.13.